The predicted octanol–water partition coefficient (Wildman–Crippen LogP) is 1.43. The van der Waals surface area contributed by atoms with Gasteiger partial charge in [-0.05, 0) is 18.9 Å². The normalized spacial score (nSPS) is 11.8. The lowest BCUT2D eigenvalue weighted by atomic mass is 9.99. The van der Waals surface area contributed by atoms with E-state index in [1.54, 1.807) is 0 Å². The molecule has 0 aliphatic rings. The maximum Gasteiger partial charge on any atom is 0.234 e. The molecule has 4 heteroatoms. The minimum absolute atomic E-state index is 0.0908. The third-order valence-corrected chi connectivity index (χ3v) is 2.63. The number of nitriles is 1. The Balaban J connectivity index is 3.54. The quantitative estimate of drug-likeness (QED) is 0.583. The van der Waals surface area contributed by atoms with Crippen LogP contribution in [0.4, 0.5) is 0 Å². The Kier molecular flexibility index (Phi) is 9.73. The van der Waals surface area contributed by atoms with E-state index in [4.69, 9.17) is 5.26 Å². The van der Waals surface area contributed by atoms with Crippen LogP contribution in [0.3, 0.4) is 0 Å². The molecule has 16 heavy (non-hydrogen) atoms. The summed E-state index contributed by atoms with van der Waals surface area (Å²) >= 11 is 0. The Morgan fingerprint density at radius 3 is 2.75 bits per heavy atom. The summed E-state index contributed by atoms with van der Waals surface area (Å²) in [4.78, 5) is 11.2. The molecule has 4 nitrogen and oxygen atoms in total. The summed E-state index contributed by atoms with van der Waals surface area (Å²) in [5.41, 5.74) is 0. The van der Waals surface area contributed by atoms with E-state index < -0.39 is 0 Å². The van der Waals surface area contributed by atoms with Gasteiger partial charge >= 0.3 is 0 Å². The first kappa shape index (κ1) is 14.9. The van der Waals surface area contributed by atoms with Gasteiger partial charge in [0.1, 0.15) is 6.54 Å². The molecule has 0 saturated carbocycles. The number of hydrogen-bond donors (Lipinski definition) is 2. The average Bonchev–Trinajstić information content (AvgIpc) is 2.30. The van der Waals surface area contributed by atoms with Crippen molar-refractivity contribution >= 4 is 5.91 Å². The van der Waals surface area contributed by atoms with Crippen molar-refractivity contribution < 1.29 is 4.79 Å². The zero-order valence-corrected chi connectivity index (χ0v) is 10.4. The first-order valence-electron chi connectivity index (χ1n) is 6.08. The molecule has 0 aromatic heterocycles. The fraction of sp³-hybridized carbons (Fsp3) is 0.833. The third kappa shape index (κ3) is 8.25. The Morgan fingerprint density at radius 1 is 1.44 bits per heavy atom. The van der Waals surface area contributed by atoms with Gasteiger partial charge in [0.15, 0.2) is 0 Å². The summed E-state index contributed by atoms with van der Waals surface area (Å²) in [6, 6.07) is 1.88. The first-order valence-corrected chi connectivity index (χ1v) is 6.08. The number of unbranched alkanes of at least 4 members (excludes halogenated alkanes) is 1. The molecule has 1 unspecified atom stereocenters. The maximum atomic E-state index is 11.2. The lowest BCUT2D eigenvalue weighted by Crippen LogP contribution is -2.36. The fourth-order valence-electron chi connectivity index (χ4n) is 1.53. The molecule has 0 heterocycles. The highest BCUT2D eigenvalue weighted by Crippen LogP contribution is 2.10. The van der Waals surface area contributed by atoms with Gasteiger partial charge in [-0.3, -0.25) is 4.79 Å². The van der Waals surface area contributed by atoms with E-state index in [0.29, 0.717) is 12.5 Å². The molecule has 1 atom stereocenters. The molecule has 92 valence electrons. The van der Waals surface area contributed by atoms with E-state index in [2.05, 4.69) is 24.5 Å². The Morgan fingerprint density at radius 2 is 2.19 bits per heavy atom. The molecule has 0 spiro atoms. The molecule has 0 aromatic rings. The lowest BCUT2D eigenvalue weighted by Gasteiger charge is -2.14. The first-order chi connectivity index (χ1) is 7.74. The highest BCUT2D eigenvalue weighted by Gasteiger charge is 2.06. The Bertz CT molecular complexity index is 223. The highest BCUT2D eigenvalue weighted by atomic mass is 16.1. The van der Waals surface area contributed by atoms with E-state index in [1.807, 2.05) is 6.07 Å². The molecule has 0 radical (unpaired) electrons. The van der Waals surface area contributed by atoms with Gasteiger partial charge in [-0.1, -0.05) is 33.1 Å². The summed E-state index contributed by atoms with van der Waals surface area (Å²) < 4.78 is 0. The van der Waals surface area contributed by atoms with E-state index in [-0.39, 0.29) is 12.5 Å². The van der Waals surface area contributed by atoms with Crippen LogP contribution in [0.1, 0.15) is 39.5 Å². The van der Waals surface area contributed by atoms with Gasteiger partial charge < -0.3 is 10.6 Å². The van der Waals surface area contributed by atoms with Gasteiger partial charge in [0.25, 0.3) is 0 Å². The van der Waals surface area contributed by atoms with Crippen LogP contribution < -0.4 is 10.6 Å². The van der Waals surface area contributed by atoms with Crippen molar-refractivity contribution in [3.8, 4) is 6.07 Å². The van der Waals surface area contributed by atoms with E-state index in [1.165, 1.54) is 19.3 Å². The van der Waals surface area contributed by atoms with Crippen molar-refractivity contribution in [2.75, 3.05) is 19.6 Å². The van der Waals surface area contributed by atoms with Crippen molar-refractivity contribution in [1.82, 2.24) is 10.6 Å². The van der Waals surface area contributed by atoms with Crippen molar-refractivity contribution in [2.45, 2.75) is 39.5 Å². The minimum atomic E-state index is -0.105. The second-order valence-corrected chi connectivity index (χ2v) is 3.98. The number of nitrogens with one attached hydrogen (secondary N) is 2. The molecule has 1 amide bonds. The summed E-state index contributed by atoms with van der Waals surface area (Å²) in [5.74, 6) is 0.551. The van der Waals surface area contributed by atoms with Crippen LogP contribution in [0.15, 0.2) is 0 Å². The second kappa shape index (κ2) is 10.4. The van der Waals surface area contributed by atoms with Crippen molar-refractivity contribution in [2.24, 2.45) is 5.92 Å². The standard InChI is InChI=1S/C12H23N3O/c1-3-5-6-11(4-2)9-14-10-12(16)15-8-7-13/h11,14H,3-6,8-10H2,1-2H3,(H,15,16). The molecule has 0 fully saturated rings. The summed E-state index contributed by atoms with van der Waals surface area (Å²) in [5, 5.41) is 13.9. The van der Waals surface area contributed by atoms with Crippen LogP contribution in [0.25, 0.3) is 0 Å². The van der Waals surface area contributed by atoms with Gasteiger partial charge in [-0.25, -0.2) is 0 Å². The second-order valence-electron chi connectivity index (χ2n) is 3.98. The molecule has 0 aliphatic heterocycles. The highest BCUT2D eigenvalue weighted by molar-refractivity contribution is 5.78. The summed E-state index contributed by atoms with van der Waals surface area (Å²) in [6.07, 6.45) is 4.84. The van der Waals surface area contributed by atoms with E-state index in [0.717, 1.165) is 13.0 Å². The van der Waals surface area contributed by atoms with Crippen molar-refractivity contribution in [1.29, 1.82) is 5.26 Å². The molecule has 0 aliphatic carbocycles. The third-order valence-electron chi connectivity index (χ3n) is 2.63. The maximum absolute atomic E-state index is 11.2. The van der Waals surface area contributed by atoms with Crippen LogP contribution in [-0.2, 0) is 4.79 Å². The monoisotopic (exact) mass is 225 g/mol. The summed E-state index contributed by atoms with van der Waals surface area (Å²) in [7, 11) is 0. The molecule has 0 aromatic carbocycles. The lowest BCUT2D eigenvalue weighted by molar-refractivity contribution is -0.120. The average molecular weight is 225 g/mol. The van der Waals surface area contributed by atoms with Crippen molar-refractivity contribution in [3.05, 3.63) is 0 Å². The Labute approximate surface area is 98.4 Å². The van der Waals surface area contributed by atoms with Crippen LogP contribution in [0.2, 0.25) is 0 Å². The van der Waals surface area contributed by atoms with E-state index in [9.17, 15) is 4.79 Å². The number of hydrogen-bond acceptors (Lipinski definition) is 3. The van der Waals surface area contributed by atoms with Crippen molar-refractivity contribution in [3.63, 3.8) is 0 Å². The summed E-state index contributed by atoms with van der Waals surface area (Å²) in [6.45, 7) is 5.65. The van der Waals surface area contributed by atoms with E-state index >= 15 is 0 Å². The number of nitrogens with zero attached hydrogens (tertiary/aromatic N) is 1. The van der Waals surface area contributed by atoms with Crippen LogP contribution >= 0.6 is 0 Å². The van der Waals surface area contributed by atoms with Crippen LogP contribution in [0, 0.1) is 17.2 Å². The number of amides is 1. The molecule has 0 saturated heterocycles. The topological polar surface area (TPSA) is 64.9 Å². The minimum Gasteiger partial charge on any atom is -0.342 e. The largest absolute Gasteiger partial charge is 0.342 e. The van der Waals surface area contributed by atoms with Gasteiger partial charge in [-0.15, -0.1) is 0 Å². The zero-order valence-electron chi connectivity index (χ0n) is 10.4. The van der Waals surface area contributed by atoms with Crippen LogP contribution in [0.5, 0.6) is 0 Å². The molecule has 0 bridgehead atoms. The fourth-order valence-corrected chi connectivity index (χ4v) is 1.53. The molecule has 2 N–H and O–H groups in total. The Hall–Kier alpha value is -1.08. The molecule has 0 rings (SSSR count). The zero-order chi connectivity index (χ0) is 12.2. The van der Waals surface area contributed by atoms with Gasteiger partial charge in [0.05, 0.1) is 12.6 Å². The number of carbonyl (C=O) groups is 1. The van der Waals surface area contributed by atoms with Gasteiger partial charge in [-0.2, -0.15) is 5.26 Å². The predicted molar refractivity (Wildman–Crippen MR) is 64.8 cm³/mol. The van der Waals surface area contributed by atoms with Gasteiger partial charge in [0, 0.05) is 0 Å². The SMILES string of the molecule is CCCCC(CC)CNCC(=O)NCC#N. The molecular formula is C12H23N3O. The number of rotatable bonds is 9. The number of carbonyl (C=O) groups excluding carboxylic acids is 1. The molecular weight excluding hydrogens is 202 g/mol. The van der Waals surface area contributed by atoms with Crippen LogP contribution in [-0.4, -0.2) is 25.5 Å². The van der Waals surface area contributed by atoms with Gasteiger partial charge in [0.2, 0.25) is 5.91 Å². The smallest absolute Gasteiger partial charge is 0.234 e.